The van der Waals surface area contributed by atoms with E-state index in [9.17, 15) is 9.00 Å². The van der Waals surface area contributed by atoms with Gasteiger partial charge >= 0.3 is 5.63 Å². The summed E-state index contributed by atoms with van der Waals surface area (Å²) in [6.45, 7) is 0. The molecule has 0 radical (unpaired) electrons. The Morgan fingerprint density at radius 3 is 2.70 bits per heavy atom. The van der Waals surface area contributed by atoms with Crippen molar-refractivity contribution in [1.29, 1.82) is 0 Å². The van der Waals surface area contributed by atoms with Crippen LogP contribution in [0.5, 0.6) is 0 Å². The van der Waals surface area contributed by atoms with Crippen molar-refractivity contribution in [3.8, 4) is 0 Å². The predicted octanol–water partition coefficient (Wildman–Crippen LogP) is 0.220. The Labute approximate surface area is 58.8 Å². The van der Waals surface area contributed by atoms with E-state index in [1.165, 1.54) is 12.1 Å². The molecule has 1 aromatic rings. The molecule has 1 heterocycles. The normalized spacial score (nSPS) is 12.9. The van der Waals surface area contributed by atoms with Crippen LogP contribution < -0.4 is 5.63 Å². The van der Waals surface area contributed by atoms with Crippen LogP contribution in [-0.2, 0) is 11.1 Å². The molecule has 1 rings (SSSR count). The molecule has 0 fully saturated rings. The van der Waals surface area contributed by atoms with Crippen LogP contribution in [0.15, 0.2) is 32.5 Å². The molecule has 1 unspecified atom stereocenters. The van der Waals surface area contributed by atoms with Crippen molar-refractivity contribution in [2.24, 2.45) is 0 Å². The van der Waals surface area contributed by atoms with Crippen LogP contribution in [0.1, 0.15) is 0 Å². The van der Waals surface area contributed by atoms with Gasteiger partial charge in [-0.05, 0) is 12.1 Å². The molecule has 1 N–H and O–H groups in total. The van der Waals surface area contributed by atoms with Crippen molar-refractivity contribution in [2.45, 2.75) is 4.90 Å². The van der Waals surface area contributed by atoms with Gasteiger partial charge in [0.05, 0.1) is 6.26 Å². The lowest BCUT2D eigenvalue weighted by Crippen LogP contribution is -2.06. The summed E-state index contributed by atoms with van der Waals surface area (Å²) >= 11 is -2.25. The Hall–Kier alpha value is -0.940. The first-order chi connectivity index (χ1) is 4.72. The second-order valence-electron chi connectivity index (χ2n) is 1.51. The molecule has 1 aromatic heterocycles. The van der Waals surface area contributed by atoms with Gasteiger partial charge in [-0.3, -0.25) is 0 Å². The zero-order chi connectivity index (χ0) is 7.56. The van der Waals surface area contributed by atoms with Crippen LogP contribution in [0.4, 0.5) is 0 Å². The van der Waals surface area contributed by atoms with E-state index < -0.39 is 16.7 Å². The highest BCUT2D eigenvalue weighted by atomic mass is 32.2. The molecule has 4 nitrogen and oxygen atoms in total. The lowest BCUT2D eigenvalue weighted by molar-refractivity contribution is 0.485. The van der Waals surface area contributed by atoms with Crippen LogP contribution in [0.25, 0.3) is 0 Å². The summed E-state index contributed by atoms with van der Waals surface area (Å²) in [6.07, 6.45) is 1.15. The first-order valence-corrected chi connectivity index (χ1v) is 3.51. The van der Waals surface area contributed by atoms with Crippen molar-refractivity contribution >= 4 is 11.1 Å². The summed E-state index contributed by atoms with van der Waals surface area (Å²) < 4.78 is 23.0. The summed E-state index contributed by atoms with van der Waals surface area (Å²) in [5.41, 5.74) is -0.775. The third-order valence-electron chi connectivity index (χ3n) is 0.891. The first-order valence-electron chi connectivity index (χ1n) is 2.40. The monoisotopic (exact) mass is 160 g/mol. The number of rotatable bonds is 1. The lowest BCUT2D eigenvalue weighted by Gasteiger charge is -1.87. The van der Waals surface area contributed by atoms with Crippen molar-refractivity contribution in [2.75, 3.05) is 0 Å². The first kappa shape index (κ1) is 7.17. The van der Waals surface area contributed by atoms with Gasteiger partial charge in [0.25, 0.3) is 0 Å². The minimum Gasteiger partial charge on any atom is -0.430 e. The molecule has 0 saturated carbocycles. The summed E-state index contributed by atoms with van der Waals surface area (Å²) in [5.74, 6) is 0. The van der Waals surface area contributed by atoms with E-state index in [-0.39, 0.29) is 4.90 Å². The highest BCUT2D eigenvalue weighted by molar-refractivity contribution is 7.79. The molecule has 10 heavy (non-hydrogen) atoms. The highest BCUT2D eigenvalue weighted by Gasteiger charge is 2.04. The average Bonchev–Trinajstić information content (AvgIpc) is 1.88. The van der Waals surface area contributed by atoms with Crippen molar-refractivity contribution in [3.63, 3.8) is 0 Å². The SMILES string of the molecule is O=c1occcc1S(=O)O. The van der Waals surface area contributed by atoms with Gasteiger partial charge in [0.15, 0.2) is 16.0 Å². The molecule has 0 amide bonds. The smallest absolute Gasteiger partial charge is 0.354 e. The topological polar surface area (TPSA) is 67.5 Å². The minimum absolute atomic E-state index is 0.234. The van der Waals surface area contributed by atoms with Crippen molar-refractivity contribution < 1.29 is 13.2 Å². The molecule has 0 bridgehead atoms. The molecular formula is C5H4O4S. The van der Waals surface area contributed by atoms with E-state index >= 15 is 0 Å². The fourth-order valence-electron chi connectivity index (χ4n) is 0.483. The van der Waals surface area contributed by atoms with Crippen LogP contribution in [0.2, 0.25) is 0 Å². The highest BCUT2D eigenvalue weighted by Crippen LogP contribution is 1.94. The Morgan fingerprint density at radius 2 is 2.30 bits per heavy atom. The van der Waals surface area contributed by atoms with E-state index in [2.05, 4.69) is 4.42 Å². The second kappa shape index (κ2) is 2.76. The summed E-state index contributed by atoms with van der Waals surface area (Å²) in [7, 11) is 0. The number of hydrogen-bond donors (Lipinski definition) is 1. The van der Waals surface area contributed by atoms with Crippen molar-refractivity contribution in [3.05, 3.63) is 28.8 Å². The quantitative estimate of drug-likeness (QED) is 0.597. The molecule has 0 spiro atoms. The van der Waals surface area contributed by atoms with Gasteiger partial charge < -0.3 is 8.97 Å². The predicted molar refractivity (Wildman–Crippen MR) is 34.0 cm³/mol. The van der Waals surface area contributed by atoms with Crippen molar-refractivity contribution in [1.82, 2.24) is 0 Å². The van der Waals surface area contributed by atoms with E-state index in [4.69, 9.17) is 4.55 Å². The van der Waals surface area contributed by atoms with Crippen LogP contribution in [0, 0.1) is 0 Å². The zero-order valence-corrected chi connectivity index (χ0v) is 5.63. The molecular weight excluding hydrogens is 156 g/mol. The zero-order valence-electron chi connectivity index (χ0n) is 4.81. The largest absolute Gasteiger partial charge is 0.430 e. The minimum atomic E-state index is -2.25. The van der Waals surface area contributed by atoms with E-state index in [1.807, 2.05) is 0 Å². The summed E-state index contributed by atoms with van der Waals surface area (Å²) in [6, 6.07) is 2.62. The maximum atomic E-state index is 10.5. The number of hydrogen-bond acceptors (Lipinski definition) is 3. The fourth-order valence-corrected chi connectivity index (χ4v) is 0.869. The van der Waals surface area contributed by atoms with Gasteiger partial charge in [0, 0.05) is 0 Å². The molecule has 0 saturated heterocycles. The molecule has 0 aliphatic rings. The van der Waals surface area contributed by atoms with E-state index in [0.29, 0.717) is 0 Å². The standard InChI is InChI=1S/C5H4O4S/c6-5-4(10(7)8)2-1-3-9-5/h1-3H,(H,7,8). The van der Waals surface area contributed by atoms with Gasteiger partial charge in [-0.2, -0.15) is 0 Å². The summed E-state index contributed by atoms with van der Waals surface area (Å²) in [5, 5.41) is 0. The van der Waals surface area contributed by atoms with Crippen LogP contribution in [0.3, 0.4) is 0 Å². The van der Waals surface area contributed by atoms with Gasteiger partial charge in [-0.1, -0.05) is 0 Å². The fraction of sp³-hybridized carbons (Fsp3) is 0. The van der Waals surface area contributed by atoms with Gasteiger partial charge in [0.1, 0.15) is 0 Å². The van der Waals surface area contributed by atoms with Gasteiger partial charge in [0.2, 0.25) is 0 Å². The summed E-state index contributed by atoms with van der Waals surface area (Å²) in [4.78, 5) is 10.3. The maximum absolute atomic E-state index is 10.5. The lowest BCUT2D eigenvalue weighted by atomic mass is 10.5. The Bertz CT molecular complexity index is 303. The molecule has 0 aliphatic heterocycles. The second-order valence-corrected chi connectivity index (χ2v) is 2.45. The van der Waals surface area contributed by atoms with E-state index in [0.717, 1.165) is 6.26 Å². The Balaban J connectivity index is 3.29. The van der Waals surface area contributed by atoms with Crippen LogP contribution in [-0.4, -0.2) is 8.76 Å². The Morgan fingerprint density at radius 1 is 1.60 bits per heavy atom. The molecule has 0 aromatic carbocycles. The molecule has 5 heteroatoms. The van der Waals surface area contributed by atoms with E-state index in [1.54, 1.807) is 0 Å². The third-order valence-corrected chi connectivity index (χ3v) is 1.57. The maximum Gasteiger partial charge on any atom is 0.354 e. The average molecular weight is 160 g/mol. The van der Waals surface area contributed by atoms with Gasteiger partial charge in [-0.15, -0.1) is 0 Å². The Kier molecular flexibility index (Phi) is 1.98. The third kappa shape index (κ3) is 1.31. The molecule has 1 atom stereocenters. The van der Waals surface area contributed by atoms with Crippen LogP contribution >= 0.6 is 0 Å². The van der Waals surface area contributed by atoms with Gasteiger partial charge in [-0.25, -0.2) is 9.00 Å². The molecule has 54 valence electrons. The molecule has 0 aliphatic carbocycles.